The maximum absolute atomic E-state index is 6.01. The minimum Gasteiger partial charge on any atom is -0.489 e. The molecule has 0 saturated carbocycles. The van der Waals surface area contributed by atoms with Crippen LogP contribution in [0.1, 0.15) is 43.7 Å². The second-order valence-electron chi connectivity index (χ2n) is 5.26. The average molecular weight is 233 g/mol. The zero-order valence-corrected chi connectivity index (χ0v) is 11.1. The summed E-state index contributed by atoms with van der Waals surface area (Å²) in [7, 11) is 0. The van der Waals surface area contributed by atoms with Gasteiger partial charge in [0.05, 0.1) is 0 Å². The summed E-state index contributed by atoms with van der Waals surface area (Å²) in [5, 5.41) is 3.37. The molecule has 1 atom stereocenters. The van der Waals surface area contributed by atoms with E-state index in [4.69, 9.17) is 4.74 Å². The normalized spacial score (nSPS) is 20.6. The van der Waals surface area contributed by atoms with Crippen LogP contribution in [0, 0.1) is 6.92 Å². The van der Waals surface area contributed by atoms with Crippen LogP contribution in [0.25, 0.3) is 0 Å². The van der Waals surface area contributed by atoms with Crippen molar-refractivity contribution < 1.29 is 4.74 Å². The number of ether oxygens (including phenoxy) is 1. The number of benzene rings is 1. The molecule has 1 aliphatic rings. The van der Waals surface area contributed by atoms with Crippen LogP contribution >= 0.6 is 0 Å². The molecule has 1 saturated heterocycles. The molecular weight excluding hydrogens is 210 g/mol. The smallest absolute Gasteiger partial charge is 0.120 e. The van der Waals surface area contributed by atoms with Crippen molar-refractivity contribution >= 4 is 0 Å². The summed E-state index contributed by atoms with van der Waals surface area (Å²) >= 11 is 0. The van der Waals surface area contributed by atoms with E-state index in [1.54, 1.807) is 0 Å². The first-order valence-corrected chi connectivity index (χ1v) is 6.64. The van der Waals surface area contributed by atoms with Crippen molar-refractivity contribution in [2.45, 2.75) is 45.6 Å². The molecule has 17 heavy (non-hydrogen) atoms. The molecule has 2 heteroatoms. The Hall–Kier alpha value is -1.02. The van der Waals surface area contributed by atoms with Gasteiger partial charge in [-0.15, -0.1) is 0 Å². The van der Waals surface area contributed by atoms with Gasteiger partial charge in [0.1, 0.15) is 11.9 Å². The molecule has 1 fully saturated rings. The molecule has 1 aromatic rings. The molecule has 0 radical (unpaired) electrons. The Balaban J connectivity index is 2.04. The van der Waals surface area contributed by atoms with Crippen molar-refractivity contribution in [2.75, 3.05) is 13.1 Å². The lowest BCUT2D eigenvalue weighted by molar-refractivity contribution is 0.167. The summed E-state index contributed by atoms with van der Waals surface area (Å²) in [6, 6.07) is 6.48. The van der Waals surface area contributed by atoms with Crippen LogP contribution in [-0.4, -0.2) is 19.2 Å². The van der Waals surface area contributed by atoms with Crippen LogP contribution in [-0.2, 0) is 0 Å². The van der Waals surface area contributed by atoms with E-state index in [9.17, 15) is 0 Å². The molecule has 0 spiro atoms. The van der Waals surface area contributed by atoms with Crippen LogP contribution in [0.5, 0.6) is 5.75 Å². The lowest BCUT2D eigenvalue weighted by atomic mass is 9.98. The molecule has 0 bridgehead atoms. The molecule has 0 aromatic heterocycles. The highest BCUT2D eigenvalue weighted by atomic mass is 16.5. The van der Waals surface area contributed by atoms with Gasteiger partial charge < -0.3 is 10.1 Å². The predicted octanol–water partition coefficient (Wildman–Crippen LogP) is 3.25. The average Bonchev–Trinajstić information content (AvgIpc) is 2.30. The van der Waals surface area contributed by atoms with E-state index < -0.39 is 0 Å². The van der Waals surface area contributed by atoms with Gasteiger partial charge in [0.25, 0.3) is 0 Å². The Labute approximate surface area is 104 Å². The number of nitrogens with one attached hydrogen (secondary N) is 1. The van der Waals surface area contributed by atoms with Gasteiger partial charge in [0.2, 0.25) is 0 Å². The highest BCUT2D eigenvalue weighted by Crippen LogP contribution is 2.24. The van der Waals surface area contributed by atoms with E-state index in [1.165, 1.54) is 17.5 Å². The molecule has 2 nitrogen and oxygen atoms in total. The van der Waals surface area contributed by atoms with E-state index >= 15 is 0 Å². The van der Waals surface area contributed by atoms with Crippen LogP contribution < -0.4 is 10.1 Å². The number of hydrogen-bond donors (Lipinski definition) is 1. The lowest BCUT2D eigenvalue weighted by Gasteiger charge is -2.24. The number of aryl methyl sites for hydroxylation is 1. The Bertz CT molecular complexity index is 367. The fourth-order valence-electron chi connectivity index (χ4n) is 2.48. The summed E-state index contributed by atoms with van der Waals surface area (Å²) in [5.41, 5.74) is 2.75. The Kier molecular flexibility index (Phi) is 4.06. The zero-order chi connectivity index (χ0) is 12.3. The van der Waals surface area contributed by atoms with Crippen LogP contribution in [0.3, 0.4) is 0 Å². The standard InChI is InChI=1S/C15H23NO/c1-11(2)15-7-6-13(9-12(15)3)17-14-5-4-8-16-10-14/h6-7,9,11,14,16H,4-5,8,10H2,1-3H3/t14-/m1/s1. The molecule has 1 aromatic carbocycles. The van der Waals surface area contributed by atoms with Gasteiger partial charge in [-0.25, -0.2) is 0 Å². The number of rotatable bonds is 3. The molecule has 0 aliphatic carbocycles. The minimum absolute atomic E-state index is 0.341. The quantitative estimate of drug-likeness (QED) is 0.865. The topological polar surface area (TPSA) is 21.3 Å². The van der Waals surface area contributed by atoms with Crippen molar-refractivity contribution in [1.29, 1.82) is 0 Å². The summed E-state index contributed by atoms with van der Waals surface area (Å²) in [4.78, 5) is 0. The SMILES string of the molecule is Cc1cc(O[C@@H]2CCCNC2)ccc1C(C)C. The Morgan fingerprint density at radius 1 is 1.35 bits per heavy atom. The predicted molar refractivity (Wildman–Crippen MR) is 71.8 cm³/mol. The van der Waals surface area contributed by atoms with E-state index in [2.05, 4.69) is 44.3 Å². The summed E-state index contributed by atoms with van der Waals surface area (Å²) < 4.78 is 6.01. The number of hydrogen-bond acceptors (Lipinski definition) is 2. The van der Waals surface area contributed by atoms with Crippen molar-refractivity contribution in [1.82, 2.24) is 5.32 Å². The van der Waals surface area contributed by atoms with Gasteiger partial charge in [-0.2, -0.15) is 0 Å². The summed E-state index contributed by atoms with van der Waals surface area (Å²) in [5.74, 6) is 1.60. The third-order valence-electron chi connectivity index (χ3n) is 3.42. The molecule has 1 N–H and O–H groups in total. The van der Waals surface area contributed by atoms with Crippen molar-refractivity contribution in [3.63, 3.8) is 0 Å². The third kappa shape index (κ3) is 3.22. The van der Waals surface area contributed by atoms with E-state index in [-0.39, 0.29) is 0 Å². The highest BCUT2D eigenvalue weighted by Gasteiger charge is 2.14. The van der Waals surface area contributed by atoms with E-state index in [0.29, 0.717) is 12.0 Å². The fourth-order valence-corrected chi connectivity index (χ4v) is 2.48. The van der Waals surface area contributed by atoms with Gasteiger partial charge in [0, 0.05) is 6.54 Å². The van der Waals surface area contributed by atoms with Crippen molar-refractivity contribution in [3.8, 4) is 5.75 Å². The number of piperidine rings is 1. The Morgan fingerprint density at radius 3 is 2.76 bits per heavy atom. The van der Waals surface area contributed by atoms with Crippen LogP contribution in [0.2, 0.25) is 0 Å². The third-order valence-corrected chi connectivity index (χ3v) is 3.42. The van der Waals surface area contributed by atoms with Crippen molar-refractivity contribution in [2.24, 2.45) is 0 Å². The van der Waals surface area contributed by atoms with Crippen LogP contribution in [0.4, 0.5) is 0 Å². The molecule has 0 unspecified atom stereocenters. The molecule has 1 heterocycles. The molecular formula is C15H23NO. The van der Waals surface area contributed by atoms with Gasteiger partial charge in [-0.3, -0.25) is 0 Å². The highest BCUT2D eigenvalue weighted by molar-refractivity contribution is 5.36. The summed E-state index contributed by atoms with van der Waals surface area (Å²) in [6.45, 7) is 8.74. The first kappa shape index (κ1) is 12.4. The Morgan fingerprint density at radius 2 is 2.18 bits per heavy atom. The second-order valence-corrected chi connectivity index (χ2v) is 5.26. The maximum atomic E-state index is 6.01. The van der Waals surface area contributed by atoms with Gasteiger partial charge in [-0.1, -0.05) is 19.9 Å². The maximum Gasteiger partial charge on any atom is 0.120 e. The van der Waals surface area contributed by atoms with E-state index in [1.807, 2.05) is 0 Å². The first-order valence-electron chi connectivity index (χ1n) is 6.64. The monoisotopic (exact) mass is 233 g/mol. The molecule has 2 rings (SSSR count). The van der Waals surface area contributed by atoms with E-state index in [0.717, 1.165) is 25.3 Å². The zero-order valence-electron chi connectivity index (χ0n) is 11.1. The van der Waals surface area contributed by atoms with Crippen molar-refractivity contribution in [3.05, 3.63) is 29.3 Å². The molecule has 1 aliphatic heterocycles. The lowest BCUT2D eigenvalue weighted by Crippen LogP contribution is -2.37. The van der Waals surface area contributed by atoms with Gasteiger partial charge in [-0.05, 0) is 55.5 Å². The first-order chi connectivity index (χ1) is 8.16. The van der Waals surface area contributed by atoms with Gasteiger partial charge in [0.15, 0.2) is 0 Å². The molecule has 0 amide bonds. The molecule has 94 valence electrons. The van der Waals surface area contributed by atoms with Crippen LogP contribution in [0.15, 0.2) is 18.2 Å². The fraction of sp³-hybridized carbons (Fsp3) is 0.600. The largest absolute Gasteiger partial charge is 0.489 e. The van der Waals surface area contributed by atoms with Gasteiger partial charge >= 0.3 is 0 Å². The minimum atomic E-state index is 0.341. The second kappa shape index (κ2) is 5.54. The summed E-state index contributed by atoms with van der Waals surface area (Å²) in [6.07, 6.45) is 2.72.